The zero-order valence-electron chi connectivity index (χ0n) is 12.1. The van der Waals surface area contributed by atoms with Gasteiger partial charge in [0.25, 0.3) is 0 Å². The first kappa shape index (κ1) is 14.3. The number of rotatable bonds is 6. The largest absolute Gasteiger partial charge is 0.323 e. The lowest BCUT2D eigenvalue weighted by Crippen LogP contribution is -2.13. The van der Waals surface area contributed by atoms with Gasteiger partial charge in [-0.05, 0) is 20.3 Å². The molecule has 0 saturated carbocycles. The van der Waals surface area contributed by atoms with Gasteiger partial charge in [0.1, 0.15) is 18.0 Å². The molecular formula is C13H21N7. The van der Waals surface area contributed by atoms with E-state index in [2.05, 4.69) is 46.6 Å². The van der Waals surface area contributed by atoms with E-state index in [0.29, 0.717) is 11.9 Å². The van der Waals surface area contributed by atoms with Crippen LogP contribution in [0.2, 0.25) is 0 Å². The average molecular weight is 275 g/mol. The molecule has 0 unspecified atom stereocenters. The summed E-state index contributed by atoms with van der Waals surface area (Å²) in [4.78, 5) is 8.43. The van der Waals surface area contributed by atoms with Gasteiger partial charge in [0, 0.05) is 23.9 Å². The summed E-state index contributed by atoms with van der Waals surface area (Å²) in [7, 11) is 0. The molecule has 108 valence electrons. The lowest BCUT2D eigenvalue weighted by Gasteiger charge is -2.12. The Morgan fingerprint density at radius 1 is 1.30 bits per heavy atom. The highest BCUT2D eigenvalue weighted by atomic mass is 15.3. The fraction of sp³-hybridized carbons (Fsp3) is 0.462. The normalized spacial score (nSPS) is 10.8. The Bertz CT molecular complexity index is 562. The number of nitrogens with zero attached hydrogens (tertiary/aromatic N) is 4. The molecule has 0 aliphatic rings. The highest BCUT2D eigenvalue weighted by molar-refractivity contribution is 5.62. The van der Waals surface area contributed by atoms with Crippen LogP contribution < -0.4 is 16.6 Å². The van der Waals surface area contributed by atoms with E-state index in [0.717, 1.165) is 30.0 Å². The number of hydrogen-bond donors (Lipinski definition) is 3. The maximum absolute atomic E-state index is 5.50. The van der Waals surface area contributed by atoms with Gasteiger partial charge < -0.3 is 10.7 Å². The number of anilines is 3. The van der Waals surface area contributed by atoms with Crippen LogP contribution in [-0.4, -0.2) is 19.7 Å². The molecule has 0 amide bonds. The van der Waals surface area contributed by atoms with Gasteiger partial charge in [-0.1, -0.05) is 13.3 Å². The lowest BCUT2D eigenvalue weighted by molar-refractivity contribution is 0.534. The van der Waals surface area contributed by atoms with Crippen molar-refractivity contribution in [2.24, 2.45) is 5.84 Å². The predicted octanol–water partition coefficient (Wildman–Crippen LogP) is 2.24. The van der Waals surface area contributed by atoms with Crippen LogP contribution in [0.5, 0.6) is 0 Å². The van der Waals surface area contributed by atoms with Crippen molar-refractivity contribution in [1.29, 1.82) is 0 Å². The SMILES string of the molecule is CCCc1c(NN)ncnc1Nc1ccn(C(C)C)n1. The third-order valence-electron chi connectivity index (χ3n) is 2.97. The first-order valence-corrected chi connectivity index (χ1v) is 6.78. The summed E-state index contributed by atoms with van der Waals surface area (Å²) in [6.45, 7) is 6.27. The summed E-state index contributed by atoms with van der Waals surface area (Å²) in [5, 5.41) is 7.68. The fourth-order valence-corrected chi connectivity index (χ4v) is 1.94. The summed E-state index contributed by atoms with van der Waals surface area (Å²) in [5.41, 5.74) is 3.58. The lowest BCUT2D eigenvalue weighted by atomic mass is 10.1. The maximum Gasteiger partial charge on any atom is 0.153 e. The Kier molecular flexibility index (Phi) is 4.52. The predicted molar refractivity (Wildman–Crippen MR) is 79.7 cm³/mol. The zero-order valence-corrected chi connectivity index (χ0v) is 12.1. The van der Waals surface area contributed by atoms with Gasteiger partial charge >= 0.3 is 0 Å². The van der Waals surface area contributed by atoms with Crippen LogP contribution in [0.25, 0.3) is 0 Å². The number of hydrogen-bond acceptors (Lipinski definition) is 6. The van der Waals surface area contributed by atoms with Crippen molar-refractivity contribution in [2.75, 3.05) is 10.7 Å². The van der Waals surface area contributed by atoms with E-state index < -0.39 is 0 Å². The molecule has 20 heavy (non-hydrogen) atoms. The highest BCUT2D eigenvalue weighted by Crippen LogP contribution is 2.23. The second kappa shape index (κ2) is 6.33. The van der Waals surface area contributed by atoms with Crippen LogP contribution in [0.4, 0.5) is 17.5 Å². The van der Waals surface area contributed by atoms with Gasteiger partial charge in [-0.3, -0.25) is 4.68 Å². The van der Waals surface area contributed by atoms with E-state index >= 15 is 0 Å². The Hall–Kier alpha value is -2.15. The third-order valence-corrected chi connectivity index (χ3v) is 2.97. The quantitative estimate of drug-likeness (QED) is 0.553. The number of nitrogens with two attached hydrogens (primary N) is 1. The maximum atomic E-state index is 5.50. The number of hydrazine groups is 1. The number of nitrogen functional groups attached to an aromatic ring is 1. The highest BCUT2D eigenvalue weighted by Gasteiger charge is 2.11. The zero-order chi connectivity index (χ0) is 14.5. The van der Waals surface area contributed by atoms with E-state index in [-0.39, 0.29) is 0 Å². The van der Waals surface area contributed by atoms with Gasteiger partial charge in [-0.15, -0.1) is 0 Å². The van der Waals surface area contributed by atoms with Crippen molar-refractivity contribution in [3.8, 4) is 0 Å². The molecule has 0 atom stereocenters. The third kappa shape index (κ3) is 3.05. The van der Waals surface area contributed by atoms with Gasteiger partial charge in [0.2, 0.25) is 0 Å². The summed E-state index contributed by atoms with van der Waals surface area (Å²) < 4.78 is 1.89. The molecule has 0 spiro atoms. The molecule has 0 aliphatic heterocycles. The van der Waals surface area contributed by atoms with Crippen LogP contribution in [0.15, 0.2) is 18.6 Å². The molecule has 2 rings (SSSR count). The smallest absolute Gasteiger partial charge is 0.153 e. The van der Waals surface area contributed by atoms with Crippen LogP contribution in [0.1, 0.15) is 38.8 Å². The topological polar surface area (TPSA) is 93.7 Å². The van der Waals surface area contributed by atoms with Crippen LogP contribution in [-0.2, 0) is 6.42 Å². The second-order valence-electron chi connectivity index (χ2n) is 4.84. The average Bonchev–Trinajstić information content (AvgIpc) is 2.89. The summed E-state index contributed by atoms with van der Waals surface area (Å²) in [5.74, 6) is 7.65. The molecule has 2 heterocycles. The fourth-order valence-electron chi connectivity index (χ4n) is 1.94. The molecular weight excluding hydrogens is 254 g/mol. The van der Waals surface area contributed by atoms with Crippen LogP contribution >= 0.6 is 0 Å². The Morgan fingerprint density at radius 2 is 2.05 bits per heavy atom. The van der Waals surface area contributed by atoms with Crippen molar-refractivity contribution >= 4 is 17.5 Å². The minimum absolute atomic E-state index is 0.326. The molecule has 0 fully saturated rings. The van der Waals surface area contributed by atoms with E-state index in [4.69, 9.17) is 5.84 Å². The van der Waals surface area contributed by atoms with Gasteiger partial charge in [0.05, 0.1) is 0 Å². The van der Waals surface area contributed by atoms with E-state index in [1.54, 1.807) is 0 Å². The molecule has 4 N–H and O–H groups in total. The molecule has 0 radical (unpaired) electrons. The van der Waals surface area contributed by atoms with Crippen molar-refractivity contribution in [2.45, 2.75) is 39.7 Å². The minimum Gasteiger partial charge on any atom is -0.323 e. The molecule has 0 bridgehead atoms. The van der Waals surface area contributed by atoms with E-state index in [1.165, 1.54) is 6.33 Å². The summed E-state index contributed by atoms with van der Waals surface area (Å²) in [6, 6.07) is 2.25. The van der Waals surface area contributed by atoms with Crippen LogP contribution in [0.3, 0.4) is 0 Å². The molecule has 2 aromatic heterocycles. The Balaban J connectivity index is 2.27. The molecule has 0 aromatic carbocycles. The van der Waals surface area contributed by atoms with Crippen LogP contribution in [0, 0.1) is 0 Å². The standard InChI is InChI=1S/C13H21N7/c1-4-5-10-12(15-8-16-13(10)18-14)17-11-6-7-20(19-11)9(2)3/h6-9H,4-5,14H2,1-3H3,(H2,15,16,17,18,19). The van der Waals surface area contributed by atoms with Gasteiger partial charge in [-0.25, -0.2) is 15.8 Å². The number of nitrogens with one attached hydrogen (secondary N) is 2. The van der Waals surface area contributed by atoms with Crippen molar-refractivity contribution in [1.82, 2.24) is 19.7 Å². The molecule has 7 heteroatoms. The second-order valence-corrected chi connectivity index (χ2v) is 4.84. The van der Waals surface area contributed by atoms with Crippen molar-refractivity contribution < 1.29 is 0 Å². The first-order valence-electron chi connectivity index (χ1n) is 6.78. The monoisotopic (exact) mass is 275 g/mol. The number of aromatic nitrogens is 4. The van der Waals surface area contributed by atoms with E-state index in [9.17, 15) is 0 Å². The Morgan fingerprint density at radius 3 is 2.65 bits per heavy atom. The van der Waals surface area contributed by atoms with Gasteiger partial charge in [-0.2, -0.15) is 5.10 Å². The summed E-state index contributed by atoms with van der Waals surface area (Å²) in [6.07, 6.45) is 5.25. The molecule has 7 nitrogen and oxygen atoms in total. The Labute approximate surface area is 118 Å². The van der Waals surface area contributed by atoms with E-state index in [1.807, 2.05) is 16.9 Å². The summed E-state index contributed by atoms with van der Waals surface area (Å²) >= 11 is 0. The molecule has 0 aliphatic carbocycles. The van der Waals surface area contributed by atoms with Gasteiger partial charge in [0.15, 0.2) is 5.82 Å². The molecule has 2 aromatic rings. The van der Waals surface area contributed by atoms with Crippen molar-refractivity contribution in [3.05, 3.63) is 24.2 Å². The minimum atomic E-state index is 0.326. The first-order chi connectivity index (χ1) is 9.65. The van der Waals surface area contributed by atoms with Crippen molar-refractivity contribution in [3.63, 3.8) is 0 Å². The molecule has 0 saturated heterocycles.